The Bertz CT molecular complexity index is 91.6. The lowest BCUT2D eigenvalue weighted by Crippen LogP contribution is -2.45. The van der Waals surface area contributed by atoms with Gasteiger partial charge in [-0.25, -0.2) is 5.32 Å². The van der Waals surface area contributed by atoms with Crippen LogP contribution >= 0.6 is 0 Å². The molecule has 1 aliphatic rings. The van der Waals surface area contributed by atoms with E-state index >= 15 is 0 Å². The highest BCUT2D eigenvalue weighted by Gasteiger charge is 2.15. The van der Waals surface area contributed by atoms with Crippen molar-refractivity contribution in [2.24, 2.45) is 0 Å². The number of hydrogen-bond acceptors (Lipinski definition) is 2. The average molecular weight is 143 g/mol. The van der Waals surface area contributed by atoms with Gasteiger partial charge in [-0.1, -0.05) is 6.92 Å². The molecule has 1 saturated heterocycles. The van der Waals surface area contributed by atoms with E-state index in [4.69, 9.17) is 0 Å². The highest BCUT2D eigenvalue weighted by Crippen LogP contribution is 2.01. The van der Waals surface area contributed by atoms with Gasteiger partial charge in [0, 0.05) is 26.2 Å². The normalized spacial score (nSPS) is 24.6. The Balaban J connectivity index is 2.24. The lowest BCUT2D eigenvalue weighted by atomic mass is 10.3. The fourth-order valence-corrected chi connectivity index (χ4v) is 1.18. The van der Waals surface area contributed by atoms with Gasteiger partial charge in [0.1, 0.15) is 6.23 Å². The molecule has 1 heterocycles. The minimum Gasteiger partial charge on any atom is -0.378 e. The van der Waals surface area contributed by atoms with Crippen LogP contribution in [0.2, 0.25) is 0 Å². The summed E-state index contributed by atoms with van der Waals surface area (Å²) in [4.78, 5) is 2.08. The second-order valence-electron chi connectivity index (χ2n) is 2.60. The van der Waals surface area contributed by atoms with Crippen molar-refractivity contribution in [3.63, 3.8) is 0 Å². The maximum atomic E-state index is 9.37. The van der Waals surface area contributed by atoms with E-state index in [9.17, 15) is 5.11 Å². The van der Waals surface area contributed by atoms with Crippen molar-refractivity contribution in [3.8, 4) is 0 Å². The number of piperazine rings is 1. The van der Waals surface area contributed by atoms with Gasteiger partial charge in [0.2, 0.25) is 0 Å². The number of nitrogens with zero attached hydrogens (tertiary/aromatic N) is 2. The summed E-state index contributed by atoms with van der Waals surface area (Å²) in [5.74, 6) is 0. The molecule has 1 atom stereocenters. The van der Waals surface area contributed by atoms with Gasteiger partial charge in [0.15, 0.2) is 0 Å². The molecule has 0 aromatic heterocycles. The molecule has 0 amide bonds. The zero-order valence-electron chi connectivity index (χ0n) is 6.45. The van der Waals surface area contributed by atoms with Crippen LogP contribution in [0.25, 0.3) is 0 Å². The van der Waals surface area contributed by atoms with Gasteiger partial charge >= 0.3 is 0 Å². The molecule has 0 aromatic carbocycles. The quantitative estimate of drug-likeness (QED) is 0.573. The first kappa shape index (κ1) is 7.98. The maximum Gasteiger partial charge on any atom is 0.107 e. The van der Waals surface area contributed by atoms with Gasteiger partial charge in [0.05, 0.1) is 0 Å². The molecule has 1 aliphatic heterocycles. The molecule has 1 rings (SSSR count). The number of aliphatic hydroxyl groups is 1. The van der Waals surface area contributed by atoms with Crippen LogP contribution in [0.15, 0.2) is 0 Å². The molecule has 0 aromatic rings. The number of rotatable bonds is 2. The lowest BCUT2D eigenvalue weighted by molar-refractivity contribution is -0.00614. The zero-order chi connectivity index (χ0) is 7.40. The summed E-state index contributed by atoms with van der Waals surface area (Å²) >= 11 is 0. The van der Waals surface area contributed by atoms with E-state index < -0.39 is 0 Å². The third-order valence-electron chi connectivity index (χ3n) is 1.88. The summed E-state index contributed by atoms with van der Waals surface area (Å²) in [6, 6.07) is 0. The monoisotopic (exact) mass is 143 g/mol. The molecular weight excluding hydrogens is 128 g/mol. The molecule has 0 aliphatic carbocycles. The Labute approximate surface area is 62.0 Å². The van der Waals surface area contributed by atoms with Crippen molar-refractivity contribution in [1.82, 2.24) is 10.2 Å². The first-order valence-corrected chi connectivity index (χ1v) is 3.90. The summed E-state index contributed by atoms with van der Waals surface area (Å²) < 4.78 is 0. The van der Waals surface area contributed by atoms with Gasteiger partial charge in [-0.15, -0.1) is 0 Å². The number of hydrogen-bond donors (Lipinski definition) is 1. The molecule has 3 nitrogen and oxygen atoms in total. The van der Waals surface area contributed by atoms with E-state index in [2.05, 4.69) is 10.2 Å². The molecule has 1 unspecified atom stereocenters. The van der Waals surface area contributed by atoms with Crippen LogP contribution in [0, 0.1) is 0 Å². The Kier molecular flexibility index (Phi) is 3.12. The fraction of sp³-hybridized carbons (Fsp3) is 1.00. The predicted molar refractivity (Wildman–Crippen MR) is 39.7 cm³/mol. The van der Waals surface area contributed by atoms with Crippen LogP contribution in [-0.4, -0.2) is 42.4 Å². The molecule has 1 radical (unpaired) electrons. The van der Waals surface area contributed by atoms with Gasteiger partial charge in [-0.3, -0.25) is 4.90 Å². The minimum absolute atomic E-state index is 0.240. The van der Waals surface area contributed by atoms with Crippen LogP contribution in [0.1, 0.15) is 13.3 Å². The van der Waals surface area contributed by atoms with Gasteiger partial charge in [-0.05, 0) is 6.42 Å². The summed E-state index contributed by atoms with van der Waals surface area (Å²) in [7, 11) is 0. The molecule has 10 heavy (non-hydrogen) atoms. The minimum atomic E-state index is -0.240. The SMILES string of the molecule is CCC(O)N1CC[N]CC1. The van der Waals surface area contributed by atoms with Crippen molar-refractivity contribution in [1.29, 1.82) is 0 Å². The Morgan fingerprint density at radius 2 is 2.10 bits per heavy atom. The summed E-state index contributed by atoms with van der Waals surface area (Å²) in [6.07, 6.45) is 0.579. The smallest absolute Gasteiger partial charge is 0.107 e. The van der Waals surface area contributed by atoms with Crippen LogP contribution in [-0.2, 0) is 0 Å². The maximum absolute atomic E-state index is 9.37. The van der Waals surface area contributed by atoms with E-state index in [1.165, 1.54) is 0 Å². The molecular formula is C7H15N2O. The average Bonchev–Trinajstić information content (AvgIpc) is 2.05. The van der Waals surface area contributed by atoms with Gasteiger partial charge in [0.25, 0.3) is 0 Å². The first-order valence-electron chi connectivity index (χ1n) is 3.90. The Hall–Kier alpha value is -0.120. The van der Waals surface area contributed by atoms with Crippen LogP contribution in [0.3, 0.4) is 0 Å². The standard InChI is InChI=1S/C7H15N2O/c1-2-7(10)9-5-3-8-4-6-9/h7,10H,2-6H2,1H3. The van der Waals surface area contributed by atoms with E-state index in [0.717, 1.165) is 32.6 Å². The molecule has 0 spiro atoms. The second kappa shape index (κ2) is 3.91. The van der Waals surface area contributed by atoms with Crippen LogP contribution in [0.4, 0.5) is 0 Å². The Morgan fingerprint density at radius 3 is 2.60 bits per heavy atom. The van der Waals surface area contributed by atoms with Crippen LogP contribution in [0.5, 0.6) is 0 Å². The highest BCUT2D eigenvalue weighted by atomic mass is 16.3. The molecule has 3 heteroatoms. The third-order valence-corrected chi connectivity index (χ3v) is 1.88. The summed E-state index contributed by atoms with van der Waals surface area (Å²) in [5.41, 5.74) is 0. The number of aliphatic hydroxyl groups excluding tert-OH is 1. The molecule has 0 bridgehead atoms. The zero-order valence-corrected chi connectivity index (χ0v) is 6.45. The van der Waals surface area contributed by atoms with E-state index in [0.29, 0.717) is 0 Å². The predicted octanol–water partition coefficient (Wildman–Crippen LogP) is -0.365. The van der Waals surface area contributed by atoms with Crippen LogP contribution < -0.4 is 5.32 Å². The summed E-state index contributed by atoms with van der Waals surface area (Å²) in [5, 5.41) is 13.6. The fourth-order valence-electron chi connectivity index (χ4n) is 1.18. The van der Waals surface area contributed by atoms with E-state index in [1.54, 1.807) is 0 Å². The largest absolute Gasteiger partial charge is 0.378 e. The summed E-state index contributed by atoms with van der Waals surface area (Å²) in [6.45, 7) is 5.62. The van der Waals surface area contributed by atoms with Crippen molar-refractivity contribution < 1.29 is 5.11 Å². The van der Waals surface area contributed by atoms with Crippen molar-refractivity contribution in [3.05, 3.63) is 0 Å². The molecule has 59 valence electrons. The first-order chi connectivity index (χ1) is 4.84. The third kappa shape index (κ3) is 1.94. The molecule has 1 N–H and O–H groups in total. The van der Waals surface area contributed by atoms with Crippen molar-refractivity contribution in [2.45, 2.75) is 19.6 Å². The van der Waals surface area contributed by atoms with E-state index in [1.807, 2.05) is 6.92 Å². The molecule has 1 fully saturated rings. The van der Waals surface area contributed by atoms with E-state index in [-0.39, 0.29) is 6.23 Å². The van der Waals surface area contributed by atoms with Gasteiger partial charge < -0.3 is 5.11 Å². The molecule has 0 saturated carbocycles. The van der Waals surface area contributed by atoms with Crippen molar-refractivity contribution >= 4 is 0 Å². The highest BCUT2D eigenvalue weighted by molar-refractivity contribution is 4.68. The second-order valence-corrected chi connectivity index (χ2v) is 2.60. The van der Waals surface area contributed by atoms with Gasteiger partial charge in [-0.2, -0.15) is 0 Å². The van der Waals surface area contributed by atoms with Crippen molar-refractivity contribution in [2.75, 3.05) is 26.2 Å². The lowest BCUT2D eigenvalue weighted by Gasteiger charge is -2.30. The topological polar surface area (TPSA) is 37.6 Å². The Morgan fingerprint density at radius 1 is 1.50 bits per heavy atom.